The second-order valence-corrected chi connectivity index (χ2v) is 8.01. The van der Waals surface area contributed by atoms with Crippen LogP contribution in [0.5, 0.6) is 5.75 Å². The zero-order valence-corrected chi connectivity index (χ0v) is 18.8. The van der Waals surface area contributed by atoms with Crippen molar-refractivity contribution < 1.29 is 27.1 Å². The van der Waals surface area contributed by atoms with E-state index in [0.717, 1.165) is 31.4 Å². The molecule has 2 aromatic carbocycles. The number of halogens is 3. The Kier molecular flexibility index (Phi) is 6.91. The fraction of sp³-hybridized carbons (Fsp3) is 0.185. The summed E-state index contributed by atoms with van der Waals surface area (Å²) in [5.74, 6) is -0.733. The summed E-state index contributed by atoms with van der Waals surface area (Å²) >= 11 is 0. The van der Waals surface area contributed by atoms with E-state index in [4.69, 9.17) is 9.15 Å². The van der Waals surface area contributed by atoms with Gasteiger partial charge in [0.25, 0.3) is 5.91 Å². The van der Waals surface area contributed by atoms with Gasteiger partial charge in [-0.25, -0.2) is 4.98 Å². The Morgan fingerprint density at radius 1 is 1.14 bits per heavy atom. The molecule has 5 nitrogen and oxygen atoms in total. The predicted octanol–water partition coefficient (Wildman–Crippen LogP) is 7.12. The molecule has 0 N–H and O–H groups in total. The summed E-state index contributed by atoms with van der Waals surface area (Å²) < 4.78 is 52.8. The lowest BCUT2D eigenvalue weighted by molar-refractivity contribution is -0.138. The molecular weight excluding hydrogens is 457 g/mol. The summed E-state index contributed by atoms with van der Waals surface area (Å²) in [6.07, 6.45) is 5.50. The molecule has 0 unspecified atom stereocenters. The number of hydrogen-bond acceptors (Lipinski definition) is 4. The number of hydrogen-bond donors (Lipinski definition) is 0. The summed E-state index contributed by atoms with van der Waals surface area (Å²) in [6.45, 7) is 7.13. The lowest BCUT2D eigenvalue weighted by Crippen LogP contribution is -2.29. The number of carbonyl (C=O) groups is 1. The Balaban J connectivity index is 1.67. The highest BCUT2D eigenvalue weighted by Gasteiger charge is 2.35. The molecule has 8 heteroatoms. The van der Waals surface area contributed by atoms with Crippen LogP contribution in [-0.2, 0) is 17.5 Å². The van der Waals surface area contributed by atoms with Crippen molar-refractivity contribution in [2.24, 2.45) is 0 Å². The highest BCUT2D eigenvalue weighted by atomic mass is 19.4. The molecule has 1 saturated carbocycles. The van der Waals surface area contributed by atoms with Gasteiger partial charge in [0.15, 0.2) is 12.0 Å². The first-order chi connectivity index (χ1) is 16.8. The van der Waals surface area contributed by atoms with Crippen molar-refractivity contribution in [1.29, 1.82) is 0 Å². The molecule has 1 heterocycles. The topological polar surface area (TPSA) is 55.6 Å². The van der Waals surface area contributed by atoms with Crippen LogP contribution in [0.1, 0.15) is 30.4 Å². The number of fused-ring (bicyclic) bond motifs is 1. The maximum Gasteiger partial charge on any atom is 0.420 e. The van der Waals surface area contributed by atoms with Gasteiger partial charge in [0.1, 0.15) is 22.6 Å². The van der Waals surface area contributed by atoms with Crippen LogP contribution in [0.3, 0.4) is 0 Å². The molecule has 0 aliphatic heterocycles. The molecule has 4 rings (SSSR count). The largest absolute Gasteiger partial charge is 0.457 e. The van der Waals surface area contributed by atoms with Crippen molar-refractivity contribution in [3.05, 3.63) is 103 Å². The SMILES string of the molecule is C=CC(=O)N(Cc1ccc2ocnc2c1)c1ccc(O/C(C=C)=C/C=C2CCC2)c(C(F)(F)F)c1. The van der Waals surface area contributed by atoms with Gasteiger partial charge in [0, 0.05) is 5.69 Å². The molecule has 35 heavy (non-hydrogen) atoms. The summed E-state index contributed by atoms with van der Waals surface area (Å²) in [7, 11) is 0. The molecule has 1 aliphatic rings. The molecule has 1 fully saturated rings. The number of amides is 1. The lowest BCUT2D eigenvalue weighted by Gasteiger charge is -2.24. The maximum absolute atomic E-state index is 14.0. The zero-order valence-electron chi connectivity index (χ0n) is 18.8. The first kappa shape index (κ1) is 24.1. The number of rotatable bonds is 8. The fourth-order valence-electron chi connectivity index (χ4n) is 3.61. The summed E-state index contributed by atoms with van der Waals surface area (Å²) in [5, 5.41) is 0. The zero-order chi connectivity index (χ0) is 25.0. The molecule has 1 aromatic heterocycles. The average molecular weight is 480 g/mol. The number of alkyl halides is 3. The first-order valence-corrected chi connectivity index (χ1v) is 11.0. The van der Waals surface area contributed by atoms with Gasteiger partial charge in [-0.3, -0.25) is 4.79 Å². The van der Waals surface area contributed by atoms with Crippen molar-refractivity contribution in [3.63, 3.8) is 0 Å². The lowest BCUT2D eigenvalue weighted by atomic mass is 9.92. The van der Waals surface area contributed by atoms with Crippen molar-refractivity contribution >= 4 is 22.7 Å². The summed E-state index contributed by atoms with van der Waals surface area (Å²) in [5.41, 5.74) is 2.06. The maximum atomic E-state index is 14.0. The highest BCUT2D eigenvalue weighted by Crippen LogP contribution is 2.40. The number of carbonyl (C=O) groups excluding carboxylic acids is 1. The van der Waals surface area contributed by atoms with Gasteiger partial charge in [-0.2, -0.15) is 13.2 Å². The number of benzene rings is 2. The Morgan fingerprint density at radius 3 is 2.60 bits per heavy atom. The van der Waals surface area contributed by atoms with Crippen molar-refractivity contribution in [2.75, 3.05) is 4.90 Å². The van der Waals surface area contributed by atoms with Crippen LogP contribution in [0.4, 0.5) is 18.9 Å². The van der Waals surface area contributed by atoms with Gasteiger partial charge in [0.05, 0.1) is 6.54 Å². The Hall–Kier alpha value is -4.07. The third-order valence-corrected chi connectivity index (χ3v) is 5.66. The third kappa shape index (κ3) is 5.54. The molecule has 0 radical (unpaired) electrons. The van der Waals surface area contributed by atoms with E-state index in [1.165, 1.54) is 35.1 Å². The number of nitrogens with zero attached hydrogens (tertiary/aromatic N) is 2. The molecule has 0 spiro atoms. The Morgan fingerprint density at radius 2 is 1.94 bits per heavy atom. The molecule has 1 aliphatic carbocycles. The van der Waals surface area contributed by atoms with E-state index in [0.29, 0.717) is 16.7 Å². The molecule has 0 bridgehead atoms. The number of aromatic nitrogens is 1. The number of anilines is 1. The second kappa shape index (κ2) is 10.0. The molecule has 0 saturated heterocycles. The monoisotopic (exact) mass is 480 g/mol. The van der Waals surface area contributed by atoms with E-state index in [-0.39, 0.29) is 23.7 Å². The molecule has 3 aromatic rings. The smallest absolute Gasteiger partial charge is 0.420 e. The van der Waals surface area contributed by atoms with Gasteiger partial charge in [0.2, 0.25) is 0 Å². The molecule has 180 valence electrons. The van der Waals surface area contributed by atoms with E-state index >= 15 is 0 Å². The standard InChI is InChI=1S/C27H23F3N2O3/c1-3-21(11-8-18-6-5-7-18)35-24-13-10-20(15-22(24)27(28,29)30)32(26(33)4-2)16-19-9-12-25-23(14-19)31-17-34-25/h3-4,8-15,17H,1-2,5-7,16H2/b21-11+. The van der Waals surface area contributed by atoms with E-state index in [1.54, 1.807) is 24.3 Å². The first-order valence-electron chi connectivity index (χ1n) is 11.0. The summed E-state index contributed by atoms with van der Waals surface area (Å²) in [6, 6.07) is 8.63. The normalized spacial score (nSPS) is 13.8. The molecule has 0 atom stereocenters. The highest BCUT2D eigenvalue weighted by molar-refractivity contribution is 6.01. The van der Waals surface area contributed by atoms with Crippen LogP contribution in [0.15, 0.2) is 96.0 Å². The minimum Gasteiger partial charge on any atom is -0.457 e. The second-order valence-electron chi connectivity index (χ2n) is 8.01. The quantitative estimate of drug-likeness (QED) is 0.196. The minimum absolute atomic E-state index is 0.0105. The van der Waals surface area contributed by atoms with Crippen LogP contribution >= 0.6 is 0 Å². The van der Waals surface area contributed by atoms with Crippen LogP contribution in [0, 0.1) is 0 Å². The van der Waals surface area contributed by atoms with Crippen molar-refractivity contribution in [2.45, 2.75) is 32.0 Å². The van der Waals surface area contributed by atoms with Crippen LogP contribution in [-0.4, -0.2) is 10.9 Å². The number of oxazole rings is 1. The minimum atomic E-state index is -4.72. The van der Waals surface area contributed by atoms with E-state index in [2.05, 4.69) is 18.1 Å². The van der Waals surface area contributed by atoms with Gasteiger partial charge in [-0.1, -0.05) is 30.9 Å². The van der Waals surface area contributed by atoms with Gasteiger partial charge >= 0.3 is 6.18 Å². The average Bonchev–Trinajstić information content (AvgIpc) is 3.28. The van der Waals surface area contributed by atoms with Crippen molar-refractivity contribution in [3.8, 4) is 5.75 Å². The van der Waals surface area contributed by atoms with Gasteiger partial charge in [-0.15, -0.1) is 0 Å². The molecule has 1 amide bonds. The Labute approximate surface area is 200 Å². The molecular formula is C27H23F3N2O3. The van der Waals surface area contributed by atoms with Gasteiger partial charge in [-0.05, 0) is 73.4 Å². The van der Waals surface area contributed by atoms with E-state index in [1.807, 2.05) is 6.08 Å². The third-order valence-electron chi connectivity index (χ3n) is 5.66. The number of ether oxygens (including phenoxy) is 1. The predicted molar refractivity (Wildman–Crippen MR) is 128 cm³/mol. The summed E-state index contributed by atoms with van der Waals surface area (Å²) in [4.78, 5) is 17.9. The van der Waals surface area contributed by atoms with Crippen LogP contribution < -0.4 is 9.64 Å². The fourth-order valence-corrected chi connectivity index (χ4v) is 3.61. The number of allylic oxidation sites excluding steroid dienone is 4. The van der Waals surface area contributed by atoms with Crippen LogP contribution in [0.25, 0.3) is 11.1 Å². The van der Waals surface area contributed by atoms with Gasteiger partial charge < -0.3 is 14.1 Å². The van der Waals surface area contributed by atoms with Crippen molar-refractivity contribution in [1.82, 2.24) is 4.98 Å². The Bertz CT molecular complexity index is 1330. The van der Waals surface area contributed by atoms with E-state index < -0.39 is 17.6 Å². The van der Waals surface area contributed by atoms with Crippen LogP contribution in [0.2, 0.25) is 0 Å². The van der Waals surface area contributed by atoms with E-state index in [9.17, 15) is 18.0 Å².